The highest BCUT2D eigenvalue weighted by molar-refractivity contribution is 6.02. The van der Waals surface area contributed by atoms with E-state index < -0.39 is 47.6 Å². The number of ketones is 1. The number of carbonyl (C=O) groups excluding carboxylic acids is 3. The van der Waals surface area contributed by atoms with E-state index in [0.717, 1.165) is 50.5 Å². The summed E-state index contributed by atoms with van der Waals surface area (Å²) in [6, 6.07) is 5.09. The minimum absolute atomic E-state index is 0.0669. The Morgan fingerprint density at radius 2 is 1.48 bits per heavy atom. The lowest BCUT2D eigenvalue weighted by atomic mass is 9.72. The number of allylic oxidation sites excluding steroid dienone is 2. The van der Waals surface area contributed by atoms with E-state index in [-0.39, 0.29) is 18.5 Å². The number of rotatable bonds is 27. The van der Waals surface area contributed by atoms with E-state index in [4.69, 9.17) is 4.74 Å². The lowest BCUT2D eigenvalue weighted by Gasteiger charge is -2.29. The van der Waals surface area contributed by atoms with Gasteiger partial charge in [-0.05, 0) is 63.3 Å². The van der Waals surface area contributed by atoms with Gasteiger partial charge in [-0.2, -0.15) is 0 Å². The first-order valence-electron chi connectivity index (χ1n) is 16.8. The highest BCUT2D eigenvalue weighted by atomic mass is 16.5. The molecule has 11 heteroatoms. The van der Waals surface area contributed by atoms with E-state index in [1.54, 1.807) is 24.3 Å². The summed E-state index contributed by atoms with van der Waals surface area (Å²) in [4.78, 5) is 73.7. The van der Waals surface area contributed by atoms with Crippen LogP contribution >= 0.6 is 0 Å². The minimum atomic E-state index is -2.66. The van der Waals surface area contributed by atoms with Crippen LogP contribution < -0.4 is 10.1 Å². The molecule has 0 saturated carbocycles. The van der Waals surface area contributed by atoms with Gasteiger partial charge in [-0.3, -0.25) is 19.2 Å². The molecule has 1 aromatic carbocycles. The maximum atomic E-state index is 13.5. The summed E-state index contributed by atoms with van der Waals surface area (Å²) < 4.78 is 5.61. The van der Waals surface area contributed by atoms with Crippen molar-refractivity contribution in [2.24, 2.45) is 11.3 Å². The molecule has 1 rings (SSSR count). The van der Waals surface area contributed by atoms with Crippen molar-refractivity contribution >= 4 is 35.9 Å². The molecule has 0 heterocycles. The van der Waals surface area contributed by atoms with Crippen LogP contribution in [0.3, 0.4) is 0 Å². The molecule has 0 radical (unpaired) electrons. The maximum Gasteiger partial charge on any atom is 0.326 e. The molecule has 0 saturated heterocycles. The van der Waals surface area contributed by atoms with Gasteiger partial charge in [0.15, 0.2) is 0 Å². The number of hydrogen-bond acceptors (Lipinski definition) is 7. The van der Waals surface area contributed by atoms with Crippen LogP contribution in [0.15, 0.2) is 48.1 Å². The molecule has 0 fully saturated rings. The summed E-state index contributed by atoms with van der Waals surface area (Å²) in [5.74, 6) is -6.86. The van der Waals surface area contributed by atoms with E-state index in [1.807, 2.05) is 19.9 Å². The first-order chi connectivity index (χ1) is 22.9. The number of carboxylic acid groups (broad SMARTS) is 3. The average molecular weight is 672 g/mol. The quantitative estimate of drug-likeness (QED) is 0.0357. The Hall–Kier alpha value is -4.28. The number of aliphatic carboxylic acids is 3. The van der Waals surface area contributed by atoms with Gasteiger partial charge in [-0.25, -0.2) is 4.79 Å². The summed E-state index contributed by atoms with van der Waals surface area (Å²) in [5, 5.41) is 31.6. The van der Waals surface area contributed by atoms with Gasteiger partial charge in [-0.1, -0.05) is 75.3 Å². The largest absolute Gasteiger partial charge is 0.490 e. The fourth-order valence-electron chi connectivity index (χ4n) is 5.17. The van der Waals surface area contributed by atoms with Crippen molar-refractivity contribution in [1.29, 1.82) is 0 Å². The van der Waals surface area contributed by atoms with Gasteiger partial charge >= 0.3 is 17.9 Å². The fourth-order valence-corrected chi connectivity index (χ4v) is 5.17. The normalized spacial score (nSPS) is 13.6. The van der Waals surface area contributed by atoms with E-state index in [0.29, 0.717) is 43.6 Å². The Kier molecular flexibility index (Phi) is 20.1. The highest BCUT2D eigenvalue weighted by Crippen LogP contribution is 2.33. The first-order valence-corrected chi connectivity index (χ1v) is 16.8. The SMILES string of the molecule is CCCCCCCC(=O)CCCCCC/C=C/[C@H](C(=O)N[C@@H](Cc1ccc(OCC=C(C)C)cc1)C(=O)O)[C@@](C=O)(CC(=O)O)C(=O)O. The number of ether oxygens (including phenoxy) is 1. The van der Waals surface area contributed by atoms with Crippen LogP contribution in [0.5, 0.6) is 5.75 Å². The Bertz CT molecular complexity index is 1250. The third-order valence-electron chi connectivity index (χ3n) is 8.07. The molecule has 11 nitrogen and oxygen atoms in total. The molecule has 1 aromatic rings. The Balaban J connectivity index is 2.91. The molecule has 0 aliphatic carbocycles. The second kappa shape index (κ2) is 23.1. The topological polar surface area (TPSA) is 184 Å². The zero-order chi connectivity index (χ0) is 36.0. The molecule has 1 amide bonds. The van der Waals surface area contributed by atoms with Crippen molar-refractivity contribution in [1.82, 2.24) is 5.32 Å². The zero-order valence-corrected chi connectivity index (χ0v) is 28.6. The standard InChI is InChI=1S/C37H53NO10/c1-4-5-6-9-12-15-29(40)16-13-10-7-8-11-14-17-31(37(26-39,36(46)47)25-33(41)42)34(43)38-32(35(44)45)24-28-18-20-30(21-19-28)48-23-22-27(2)3/h14,17-22,26,31-32H,4-13,15-16,23-25H2,1-3H3,(H,38,43)(H,41,42)(H,44,45)(H,46,47)/b17-14+/t31-,32+,37+/m1/s1. The number of unbranched alkanes of at least 4 members (excludes halogenated alkanes) is 8. The van der Waals surface area contributed by atoms with Gasteiger partial charge in [0.2, 0.25) is 5.91 Å². The molecule has 0 aliphatic heterocycles. The predicted molar refractivity (Wildman–Crippen MR) is 182 cm³/mol. The average Bonchev–Trinajstić information content (AvgIpc) is 3.03. The molecule has 0 spiro atoms. The predicted octanol–water partition coefficient (Wildman–Crippen LogP) is 6.33. The van der Waals surface area contributed by atoms with Gasteiger partial charge in [-0.15, -0.1) is 0 Å². The van der Waals surface area contributed by atoms with E-state index >= 15 is 0 Å². The van der Waals surface area contributed by atoms with Crippen molar-refractivity contribution in [3.63, 3.8) is 0 Å². The van der Waals surface area contributed by atoms with Crippen LogP contribution in [0.25, 0.3) is 0 Å². The van der Waals surface area contributed by atoms with Gasteiger partial charge in [0.1, 0.15) is 35.9 Å². The van der Waals surface area contributed by atoms with Crippen molar-refractivity contribution in [2.45, 2.75) is 117 Å². The molecule has 0 aliphatic rings. The first kappa shape index (κ1) is 41.7. The van der Waals surface area contributed by atoms with Gasteiger partial charge in [0.25, 0.3) is 0 Å². The number of carbonyl (C=O) groups is 6. The van der Waals surface area contributed by atoms with Gasteiger partial charge < -0.3 is 30.2 Å². The van der Waals surface area contributed by atoms with E-state index in [2.05, 4.69) is 12.2 Å². The van der Waals surface area contributed by atoms with Crippen LogP contribution in [0.1, 0.15) is 110 Å². The summed E-state index contributed by atoms with van der Waals surface area (Å²) in [7, 11) is 0. The fraction of sp³-hybridized carbons (Fsp3) is 0.568. The second-order valence-corrected chi connectivity index (χ2v) is 12.4. The third-order valence-corrected chi connectivity index (χ3v) is 8.07. The molecule has 0 aromatic heterocycles. The minimum Gasteiger partial charge on any atom is -0.490 e. The molecule has 0 unspecified atom stereocenters. The summed E-state index contributed by atoms with van der Waals surface area (Å²) >= 11 is 0. The van der Waals surface area contributed by atoms with Crippen LogP contribution in [-0.2, 0) is 35.2 Å². The lowest BCUT2D eigenvalue weighted by Crippen LogP contribution is -2.52. The van der Waals surface area contributed by atoms with Crippen LogP contribution in [0.2, 0.25) is 0 Å². The Morgan fingerprint density at radius 3 is 2.00 bits per heavy atom. The number of hydrogen-bond donors (Lipinski definition) is 4. The second-order valence-electron chi connectivity index (χ2n) is 12.4. The molecule has 0 bridgehead atoms. The summed E-state index contributed by atoms with van der Waals surface area (Å²) in [5.41, 5.74) is -1.02. The molecule has 4 N–H and O–H groups in total. The number of Topliss-reactive ketones (excluding diaryl/α,β-unsaturated/α-hetero) is 1. The summed E-state index contributed by atoms with van der Waals surface area (Å²) in [6.07, 6.45) is 13.2. The van der Waals surface area contributed by atoms with Gasteiger partial charge in [0.05, 0.1) is 12.3 Å². The van der Waals surface area contributed by atoms with Crippen molar-refractivity contribution in [2.75, 3.05) is 6.61 Å². The Labute approximate surface area is 283 Å². The maximum absolute atomic E-state index is 13.5. The number of amides is 1. The van der Waals surface area contributed by atoms with Crippen LogP contribution in [0, 0.1) is 11.3 Å². The van der Waals surface area contributed by atoms with Crippen molar-refractivity contribution in [3.05, 3.63) is 53.6 Å². The number of carboxylic acids is 3. The number of nitrogens with one attached hydrogen (secondary N) is 1. The molecular weight excluding hydrogens is 618 g/mol. The number of aldehydes is 1. The third kappa shape index (κ3) is 16.0. The molecular formula is C37H53NO10. The molecule has 48 heavy (non-hydrogen) atoms. The molecule has 266 valence electrons. The highest BCUT2D eigenvalue weighted by Gasteiger charge is 2.50. The van der Waals surface area contributed by atoms with E-state index in [1.165, 1.54) is 18.6 Å². The zero-order valence-electron chi connectivity index (χ0n) is 28.6. The van der Waals surface area contributed by atoms with Crippen LogP contribution in [0.4, 0.5) is 0 Å². The van der Waals surface area contributed by atoms with Crippen molar-refractivity contribution in [3.8, 4) is 5.75 Å². The van der Waals surface area contributed by atoms with Crippen molar-refractivity contribution < 1.29 is 48.8 Å². The smallest absolute Gasteiger partial charge is 0.326 e. The number of benzene rings is 1. The van der Waals surface area contributed by atoms with E-state index in [9.17, 15) is 44.1 Å². The Morgan fingerprint density at radius 1 is 0.875 bits per heavy atom. The van der Waals surface area contributed by atoms with Crippen LogP contribution in [-0.4, -0.2) is 63.9 Å². The monoisotopic (exact) mass is 671 g/mol. The van der Waals surface area contributed by atoms with Gasteiger partial charge in [0, 0.05) is 19.3 Å². The summed E-state index contributed by atoms with van der Waals surface area (Å²) in [6.45, 7) is 6.39. The lowest BCUT2D eigenvalue weighted by molar-refractivity contribution is -0.162. The molecule has 3 atom stereocenters.